The van der Waals surface area contributed by atoms with E-state index in [-0.39, 0.29) is 40.8 Å². The predicted octanol–water partition coefficient (Wildman–Crippen LogP) is 5.91. The van der Waals surface area contributed by atoms with Crippen LogP contribution >= 0.6 is 11.8 Å². The van der Waals surface area contributed by atoms with Gasteiger partial charge in [0.2, 0.25) is 5.91 Å². The van der Waals surface area contributed by atoms with Crippen molar-refractivity contribution in [2.45, 2.75) is 178 Å². The number of amides is 1. The summed E-state index contributed by atoms with van der Waals surface area (Å²) in [7, 11) is -5.40. The highest BCUT2D eigenvalue weighted by Gasteiger charge is 2.56. The summed E-state index contributed by atoms with van der Waals surface area (Å²) in [5.74, 6) is -5.11. The van der Waals surface area contributed by atoms with Gasteiger partial charge in [-0.3, -0.25) is 42.9 Å². The van der Waals surface area contributed by atoms with E-state index < -0.39 is 131 Å². The zero-order valence-electron chi connectivity index (χ0n) is 45.4. The molecule has 22 nitrogen and oxygen atoms in total. The van der Waals surface area contributed by atoms with Crippen molar-refractivity contribution in [3.05, 3.63) is 87.3 Å². The van der Waals surface area contributed by atoms with E-state index in [1.807, 2.05) is 26.2 Å². The summed E-state index contributed by atoms with van der Waals surface area (Å²) in [5, 5.41) is 2.33. The molecule has 0 spiro atoms. The second-order valence-electron chi connectivity index (χ2n) is 21.4. The van der Waals surface area contributed by atoms with Gasteiger partial charge in [0.15, 0.2) is 46.6 Å². The Morgan fingerprint density at radius 2 is 1.21 bits per heavy atom. The van der Waals surface area contributed by atoms with E-state index >= 15 is 0 Å². The molecule has 1 aromatic carbocycles. The molecule has 0 bridgehead atoms. The first-order chi connectivity index (χ1) is 35.3. The minimum absolute atomic E-state index is 0.120. The Kier molecular flexibility index (Phi) is 20.1. The molecule has 3 aromatic rings. The third-order valence-electron chi connectivity index (χ3n) is 13.4. The topological polar surface area (TPSA) is 271 Å². The number of pyridine rings is 1. The number of hydrogen-bond donors (Lipinski definition) is 1. The zero-order chi connectivity index (χ0) is 56.7. The average molecular weight is 1120 g/mol. The first-order valence-corrected chi connectivity index (χ1v) is 31.3. The van der Waals surface area contributed by atoms with E-state index in [2.05, 4.69) is 51.8 Å². The maximum Gasteiger partial charge on any atom is 0.340 e. The van der Waals surface area contributed by atoms with Crippen molar-refractivity contribution in [2.75, 3.05) is 18.5 Å². The number of ether oxygens (including phenoxy) is 7. The number of thioether (sulfide) groups is 1. The van der Waals surface area contributed by atoms with Crippen LogP contribution in [-0.4, -0.2) is 134 Å². The predicted molar refractivity (Wildman–Crippen MR) is 280 cm³/mol. The van der Waals surface area contributed by atoms with Crippen molar-refractivity contribution in [1.82, 2.24) is 14.1 Å². The molecule has 0 radical (unpaired) electrons. The molecular formula is C51H70N4O18SSi2. The fraction of sp³-hybridized carbons (Fsp3) is 0.569. The third kappa shape index (κ3) is 15.7. The third-order valence-corrected chi connectivity index (χ3v) is 23.5. The standard InChI is InChI=1S/C51H70N4O18SSi2/c1-29(56)65-27-35-41(67-30(2)57)43(68-31(3)58)45(69-32(4)59)48(71-35)74-38-22-20-34(26-52-38)53-37(60)21-23-40(62)66-28-36-42(72-75(11,12)50(5,6)7)44(73-76(13,14)51(8,9)10)47(70-36)54-25-24-39(61)55(49(54)64)46(63)33-18-16-15-17-19-33/h15-20,22,24-26,35-36,41-45,47-48H,21,23,27-28H2,1-14H3,(H,53,60)/t35-,36-,41-,42-,43+,44-,45-,47-,48+/m1/s1. The average Bonchev–Trinajstić information content (AvgIpc) is 3.62. The van der Waals surface area contributed by atoms with Crippen LogP contribution in [0.15, 0.2) is 75.5 Å². The van der Waals surface area contributed by atoms with E-state index in [0.717, 1.165) is 43.2 Å². The van der Waals surface area contributed by atoms with Crippen LogP contribution in [-0.2, 0) is 70.8 Å². The summed E-state index contributed by atoms with van der Waals surface area (Å²) < 4.78 is 56.0. The fourth-order valence-corrected chi connectivity index (χ4v) is 11.2. The van der Waals surface area contributed by atoms with Gasteiger partial charge in [-0.05, 0) is 60.5 Å². The van der Waals surface area contributed by atoms with Crippen molar-refractivity contribution < 1.29 is 75.6 Å². The van der Waals surface area contributed by atoms with Gasteiger partial charge in [-0.15, -0.1) is 0 Å². The first kappa shape index (κ1) is 61.0. The summed E-state index contributed by atoms with van der Waals surface area (Å²) in [6.45, 7) is 24.2. The van der Waals surface area contributed by atoms with Crippen molar-refractivity contribution in [2.24, 2.45) is 0 Å². The summed E-state index contributed by atoms with van der Waals surface area (Å²) in [6.07, 6.45) is -7.41. The Morgan fingerprint density at radius 1 is 0.658 bits per heavy atom. The molecule has 2 aliphatic rings. The maximum absolute atomic E-state index is 14.3. The molecule has 25 heteroatoms. The van der Waals surface area contributed by atoms with Crippen LogP contribution in [0, 0.1) is 0 Å². The van der Waals surface area contributed by atoms with E-state index in [0.29, 0.717) is 9.59 Å². The molecule has 1 N–H and O–H groups in total. The molecule has 2 aliphatic heterocycles. The van der Waals surface area contributed by atoms with Crippen molar-refractivity contribution in [3.63, 3.8) is 0 Å². The van der Waals surface area contributed by atoms with Gasteiger partial charge < -0.3 is 47.3 Å². The molecule has 416 valence electrons. The van der Waals surface area contributed by atoms with E-state index in [9.17, 15) is 43.2 Å². The number of nitrogens with zero attached hydrogens (tertiary/aromatic N) is 3. The Labute approximate surface area is 447 Å². The molecular weight excluding hydrogens is 1040 g/mol. The molecule has 0 unspecified atom stereocenters. The van der Waals surface area contributed by atoms with Crippen LogP contribution in [0.5, 0.6) is 0 Å². The van der Waals surface area contributed by atoms with Crippen LogP contribution < -0.4 is 16.6 Å². The normalized spacial score (nSPS) is 22.9. The van der Waals surface area contributed by atoms with E-state index in [1.165, 1.54) is 43.6 Å². The van der Waals surface area contributed by atoms with Gasteiger partial charge in [-0.1, -0.05) is 71.5 Å². The monoisotopic (exact) mass is 1110 g/mol. The number of benzene rings is 1. The molecule has 0 aliphatic carbocycles. The molecule has 2 fully saturated rings. The number of anilines is 1. The van der Waals surface area contributed by atoms with Crippen LogP contribution in [0.1, 0.15) is 98.7 Å². The Bertz CT molecular complexity index is 2720. The van der Waals surface area contributed by atoms with E-state index in [4.69, 9.17) is 42.0 Å². The molecule has 2 saturated heterocycles. The van der Waals surface area contributed by atoms with Crippen molar-refractivity contribution in [3.8, 4) is 0 Å². The summed E-state index contributed by atoms with van der Waals surface area (Å²) in [6, 6.07) is 12.1. The van der Waals surface area contributed by atoms with Crippen LogP contribution in [0.2, 0.25) is 36.3 Å². The number of nitrogens with one attached hydrogen (secondary N) is 1. The smallest absolute Gasteiger partial charge is 0.340 e. The van der Waals surface area contributed by atoms with Crippen LogP contribution in [0.25, 0.3) is 0 Å². The molecule has 0 saturated carbocycles. The Balaban J connectivity index is 1.32. The van der Waals surface area contributed by atoms with Gasteiger partial charge >= 0.3 is 35.5 Å². The van der Waals surface area contributed by atoms with Gasteiger partial charge in [-0.25, -0.2) is 9.78 Å². The second kappa shape index (κ2) is 25.1. The molecule has 4 heterocycles. The molecule has 76 heavy (non-hydrogen) atoms. The van der Waals surface area contributed by atoms with Gasteiger partial charge in [0.05, 0.1) is 23.3 Å². The van der Waals surface area contributed by atoms with Gasteiger partial charge in [-0.2, -0.15) is 4.57 Å². The minimum Gasteiger partial charge on any atom is -0.463 e. The number of hydrogen-bond acceptors (Lipinski definition) is 20. The SMILES string of the molecule is CC(=O)OC[C@H]1O[C@@H](Sc2ccc(NC(=O)CCC(=O)OC[C@H]3O[C@@H](n4ccc(=O)n(C(=O)c5ccccc5)c4=O)[C@H](O[Si](C)(C)C(C)(C)C)[C@@H]3O[Si](C)(C)C(C)(C)C)cn2)[C@H](OC(C)=O)[C@@H](OC(C)=O)[C@@H]1OC(C)=O. The second-order valence-corrected chi connectivity index (χ2v) is 32.0. The van der Waals surface area contributed by atoms with Crippen molar-refractivity contribution >= 4 is 75.7 Å². The lowest BCUT2D eigenvalue weighted by Gasteiger charge is -2.44. The number of carbonyl (C=O) groups excluding carboxylic acids is 7. The quantitative estimate of drug-likeness (QED) is 0.0830. The molecule has 5 rings (SSSR count). The van der Waals surface area contributed by atoms with Gasteiger partial charge in [0, 0.05) is 51.9 Å². The van der Waals surface area contributed by atoms with Crippen molar-refractivity contribution in [1.29, 1.82) is 0 Å². The summed E-state index contributed by atoms with van der Waals surface area (Å²) in [5.41, 5.74) is -2.57. The van der Waals surface area contributed by atoms with Crippen LogP contribution in [0.3, 0.4) is 0 Å². The number of rotatable bonds is 19. The van der Waals surface area contributed by atoms with E-state index in [1.54, 1.807) is 18.2 Å². The highest BCUT2D eigenvalue weighted by Crippen LogP contribution is 2.46. The largest absolute Gasteiger partial charge is 0.463 e. The molecule has 9 atom stereocenters. The van der Waals surface area contributed by atoms with Gasteiger partial charge in [0.25, 0.3) is 11.5 Å². The Hall–Kier alpha value is -5.84. The lowest BCUT2D eigenvalue weighted by Crippen LogP contribution is -2.61. The highest BCUT2D eigenvalue weighted by molar-refractivity contribution is 7.99. The number of carbonyl (C=O) groups is 7. The fourth-order valence-electron chi connectivity index (χ4n) is 7.56. The molecule has 1 amide bonds. The zero-order valence-corrected chi connectivity index (χ0v) is 48.2. The Morgan fingerprint density at radius 3 is 1.76 bits per heavy atom. The number of aromatic nitrogens is 3. The summed E-state index contributed by atoms with van der Waals surface area (Å²) in [4.78, 5) is 121. The summed E-state index contributed by atoms with van der Waals surface area (Å²) >= 11 is 0.947. The van der Waals surface area contributed by atoms with Crippen LogP contribution in [0.4, 0.5) is 5.69 Å². The lowest BCUT2D eigenvalue weighted by molar-refractivity contribution is -0.237. The molecule has 2 aromatic heterocycles. The minimum atomic E-state index is -2.72. The maximum atomic E-state index is 14.3. The number of esters is 5. The highest BCUT2D eigenvalue weighted by atomic mass is 32.2. The lowest BCUT2D eigenvalue weighted by atomic mass is 9.99. The van der Waals surface area contributed by atoms with Gasteiger partial charge in [0.1, 0.15) is 37.6 Å². The first-order valence-electron chi connectivity index (χ1n) is 24.6.